The molecule has 76 valence electrons. The van der Waals surface area contributed by atoms with Gasteiger partial charge < -0.3 is 5.73 Å². The van der Waals surface area contributed by atoms with E-state index in [9.17, 15) is 13.2 Å². The third-order valence-electron chi connectivity index (χ3n) is 1.24. The second-order valence-corrected chi connectivity index (χ2v) is 4.39. The van der Waals surface area contributed by atoms with Crippen molar-refractivity contribution in [2.75, 3.05) is 0 Å². The molecule has 0 rings (SSSR count). The van der Waals surface area contributed by atoms with Gasteiger partial charge in [0.2, 0.25) is 5.91 Å². The summed E-state index contributed by atoms with van der Waals surface area (Å²) in [7, 11) is -4.28. The average molecular weight is 207 g/mol. The highest BCUT2D eigenvalue weighted by Gasteiger charge is 2.11. The summed E-state index contributed by atoms with van der Waals surface area (Å²) in [5.41, 5.74) is 4.82. The van der Waals surface area contributed by atoms with Crippen molar-refractivity contribution in [3.05, 3.63) is 11.0 Å². The molecule has 6 heteroatoms. The molecule has 0 aliphatic carbocycles. The summed E-state index contributed by atoms with van der Waals surface area (Å²) in [5, 5.41) is 0.495. The van der Waals surface area contributed by atoms with Crippen molar-refractivity contribution < 1.29 is 17.8 Å². The smallest absolute Gasteiger partial charge is 0.288 e. The van der Waals surface area contributed by atoms with E-state index in [0.717, 1.165) is 0 Å². The summed E-state index contributed by atoms with van der Waals surface area (Å²) in [6, 6.07) is 0. The Hall–Kier alpha value is -0.880. The lowest BCUT2D eigenvalue weighted by atomic mass is 10.0. The second kappa shape index (κ2) is 4.38. The van der Waals surface area contributed by atoms with E-state index in [4.69, 9.17) is 10.3 Å². The minimum atomic E-state index is -4.28. The third kappa shape index (κ3) is 6.30. The molecule has 0 aliphatic heterocycles. The molecule has 0 unspecified atom stereocenters. The maximum Gasteiger partial charge on any atom is 0.288 e. The molecule has 0 aromatic rings. The Bertz CT molecular complexity index is 315. The maximum absolute atomic E-state index is 10.7. The van der Waals surface area contributed by atoms with Crippen LogP contribution in [0.15, 0.2) is 11.0 Å². The van der Waals surface area contributed by atoms with Gasteiger partial charge in [0.1, 0.15) is 0 Å². The van der Waals surface area contributed by atoms with Crippen LogP contribution in [0.4, 0.5) is 0 Å². The number of rotatable bonds is 4. The van der Waals surface area contributed by atoms with Crippen LogP contribution in [0.5, 0.6) is 0 Å². The first kappa shape index (κ1) is 12.1. The summed E-state index contributed by atoms with van der Waals surface area (Å²) in [5.74, 6) is -0.730. The Balaban J connectivity index is 4.83. The van der Waals surface area contributed by atoms with Crippen molar-refractivity contribution in [2.24, 2.45) is 11.7 Å². The Morgan fingerprint density at radius 3 is 2.23 bits per heavy atom. The van der Waals surface area contributed by atoms with E-state index in [2.05, 4.69) is 0 Å². The van der Waals surface area contributed by atoms with Crippen LogP contribution in [0.25, 0.3) is 0 Å². The molecular weight excluding hydrogens is 194 g/mol. The van der Waals surface area contributed by atoms with Gasteiger partial charge in [0.15, 0.2) is 0 Å². The van der Waals surface area contributed by atoms with Crippen LogP contribution in [-0.2, 0) is 14.9 Å². The van der Waals surface area contributed by atoms with Gasteiger partial charge in [0.25, 0.3) is 10.1 Å². The molecular formula is C7H13NO4S. The van der Waals surface area contributed by atoms with E-state index in [1.807, 2.05) is 0 Å². The minimum Gasteiger partial charge on any atom is -0.366 e. The van der Waals surface area contributed by atoms with Gasteiger partial charge in [0, 0.05) is 5.57 Å². The molecule has 0 saturated heterocycles. The van der Waals surface area contributed by atoms with E-state index < -0.39 is 16.0 Å². The van der Waals surface area contributed by atoms with Crippen molar-refractivity contribution in [3.63, 3.8) is 0 Å². The number of primary amides is 1. The molecule has 0 atom stereocenters. The van der Waals surface area contributed by atoms with Gasteiger partial charge in [-0.05, 0) is 12.3 Å². The first-order chi connectivity index (χ1) is 5.72. The molecule has 0 fully saturated rings. The number of carbonyl (C=O) groups is 1. The topological polar surface area (TPSA) is 97.5 Å². The molecule has 13 heavy (non-hydrogen) atoms. The number of carbonyl (C=O) groups excluding carboxylic acids is 1. The molecule has 0 aromatic heterocycles. The molecule has 0 aliphatic rings. The molecule has 0 saturated carbocycles. The zero-order valence-corrected chi connectivity index (χ0v) is 8.34. The highest BCUT2D eigenvalue weighted by Crippen LogP contribution is 2.11. The number of hydrogen-bond donors (Lipinski definition) is 2. The molecule has 5 nitrogen and oxygen atoms in total. The molecule has 0 spiro atoms. The van der Waals surface area contributed by atoms with Crippen molar-refractivity contribution in [1.82, 2.24) is 0 Å². The van der Waals surface area contributed by atoms with Crippen LogP contribution in [0.1, 0.15) is 20.3 Å². The third-order valence-corrected chi connectivity index (χ3v) is 1.82. The van der Waals surface area contributed by atoms with Crippen molar-refractivity contribution >= 4 is 16.0 Å². The monoisotopic (exact) mass is 207 g/mol. The fourth-order valence-corrected chi connectivity index (χ4v) is 1.40. The summed E-state index contributed by atoms with van der Waals surface area (Å²) in [6.45, 7) is 3.61. The van der Waals surface area contributed by atoms with E-state index in [-0.39, 0.29) is 17.9 Å². The van der Waals surface area contributed by atoms with E-state index in [1.54, 1.807) is 13.8 Å². The Morgan fingerprint density at radius 2 is 2.00 bits per heavy atom. The second-order valence-electron chi connectivity index (χ2n) is 3.12. The minimum absolute atomic E-state index is 0.0856. The van der Waals surface area contributed by atoms with Gasteiger partial charge >= 0.3 is 0 Å². The normalized spacial score (nSPS) is 13.4. The maximum atomic E-state index is 10.7. The van der Waals surface area contributed by atoms with E-state index >= 15 is 0 Å². The predicted octanol–water partition coefficient (Wildman–Crippen LogP) is 0.290. The quantitative estimate of drug-likeness (QED) is 0.511. The molecule has 0 radical (unpaired) electrons. The van der Waals surface area contributed by atoms with Crippen LogP contribution < -0.4 is 5.73 Å². The zero-order chi connectivity index (χ0) is 10.6. The van der Waals surface area contributed by atoms with Gasteiger partial charge in [0.05, 0.1) is 5.41 Å². The van der Waals surface area contributed by atoms with Crippen molar-refractivity contribution in [1.29, 1.82) is 0 Å². The standard InChI is InChI=1S/C7H13NO4S/c1-5(2)3-6(7(8)9)4-13(10,11)12/h4-5H,3H2,1-2H3,(H2,8,9)(H,10,11,12). The van der Waals surface area contributed by atoms with Crippen molar-refractivity contribution in [2.45, 2.75) is 20.3 Å². The average Bonchev–Trinajstić information content (AvgIpc) is 1.81. The first-order valence-electron chi connectivity index (χ1n) is 3.70. The summed E-state index contributed by atoms with van der Waals surface area (Å²) in [6.07, 6.45) is 0.231. The fourth-order valence-electron chi connectivity index (χ4n) is 0.826. The van der Waals surface area contributed by atoms with Gasteiger partial charge in [-0.1, -0.05) is 13.8 Å². The van der Waals surface area contributed by atoms with Gasteiger partial charge in [-0.25, -0.2) is 0 Å². The van der Waals surface area contributed by atoms with Crippen LogP contribution in [0, 0.1) is 5.92 Å². The fraction of sp³-hybridized carbons (Fsp3) is 0.571. The van der Waals surface area contributed by atoms with Crippen LogP contribution in [0.3, 0.4) is 0 Å². The SMILES string of the molecule is CC(C)CC(=CS(=O)(=O)O)C(N)=O. The number of nitrogens with two attached hydrogens (primary N) is 1. The van der Waals surface area contributed by atoms with Crippen LogP contribution >= 0.6 is 0 Å². The lowest BCUT2D eigenvalue weighted by Gasteiger charge is -2.04. The molecule has 0 aromatic carbocycles. The highest BCUT2D eigenvalue weighted by molar-refractivity contribution is 7.88. The van der Waals surface area contributed by atoms with Gasteiger partial charge in [-0.15, -0.1) is 0 Å². The summed E-state index contributed by atoms with van der Waals surface area (Å²) < 4.78 is 29.2. The lowest BCUT2D eigenvalue weighted by molar-refractivity contribution is -0.114. The van der Waals surface area contributed by atoms with Crippen LogP contribution in [0.2, 0.25) is 0 Å². The van der Waals surface area contributed by atoms with Crippen molar-refractivity contribution in [3.8, 4) is 0 Å². The molecule has 3 N–H and O–H groups in total. The van der Waals surface area contributed by atoms with Gasteiger partial charge in [-0.2, -0.15) is 8.42 Å². The van der Waals surface area contributed by atoms with E-state index in [0.29, 0.717) is 5.41 Å². The molecule has 1 amide bonds. The Kier molecular flexibility index (Phi) is 4.09. The predicted molar refractivity (Wildman–Crippen MR) is 48.3 cm³/mol. The Labute approximate surface area is 77.4 Å². The number of hydrogen-bond acceptors (Lipinski definition) is 3. The molecule has 0 heterocycles. The molecule has 0 bridgehead atoms. The van der Waals surface area contributed by atoms with E-state index in [1.165, 1.54) is 0 Å². The largest absolute Gasteiger partial charge is 0.366 e. The summed E-state index contributed by atoms with van der Waals surface area (Å²) in [4.78, 5) is 10.7. The van der Waals surface area contributed by atoms with Crippen LogP contribution in [-0.4, -0.2) is 18.9 Å². The first-order valence-corrected chi connectivity index (χ1v) is 5.20. The summed E-state index contributed by atoms with van der Waals surface area (Å²) >= 11 is 0. The lowest BCUT2D eigenvalue weighted by Crippen LogP contribution is -2.16. The number of amides is 1. The zero-order valence-electron chi connectivity index (χ0n) is 7.52. The van der Waals surface area contributed by atoms with Gasteiger partial charge in [-0.3, -0.25) is 9.35 Å². The Morgan fingerprint density at radius 1 is 1.54 bits per heavy atom. The highest BCUT2D eigenvalue weighted by atomic mass is 32.2.